The highest BCUT2D eigenvalue weighted by Gasteiger charge is 2.35. The lowest BCUT2D eigenvalue weighted by Crippen LogP contribution is -2.14. The van der Waals surface area contributed by atoms with Gasteiger partial charge in [0.15, 0.2) is 0 Å². The molecule has 2 heterocycles. The Morgan fingerprint density at radius 3 is 2.25 bits per heavy atom. The Balaban J connectivity index is 1.67. The number of pyridine rings is 1. The summed E-state index contributed by atoms with van der Waals surface area (Å²) in [5.41, 5.74) is -1.03. The maximum atomic E-state index is 13.8. The first kappa shape index (κ1) is 21.7. The number of aromatic nitrogens is 2. The lowest BCUT2D eigenvalue weighted by atomic mass is 10.0. The lowest BCUT2D eigenvalue weighted by Gasteiger charge is -2.17. The molecule has 0 bridgehead atoms. The minimum absolute atomic E-state index is 0.0693. The average molecular weight is 450 g/mol. The molecule has 0 atom stereocenters. The SMILES string of the molecule is Cc1nc(-c2ccc(C(F)(F)F)cc2)cc(C(F)(F)F)c1COc1ccc2cc[nH]c2c1. The molecule has 1 N–H and O–H groups in total. The summed E-state index contributed by atoms with van der Waals surface area (Å²) in [5, 5.41) is 0.937. The number of H-pyrrole nitrogens is 1. The van der Waals surface area contributed by atoms with Crippen LogP contribution in [0.3, 0.4) is 0 Å². The van der Waals surface area contributed by atoms with Gasteiger partial charge in [-0.2, -0.15) is 26.3 Å². The Bertz CT molecular complexity index is 1260. The van der Waals surface area contributed by atoms with E-state index in [4.69, 9.17) is 4.74 Å². The first-order valence-corrected chi connectivity index (χ1v) is 9.47. The maximum Gasteiger partial charge on any atom is 0.416 e. The monoisotopic (exact) mass is 450 g/mol. The van der Waals surface area contributed by atoms with Gasteiger partial charge in [-0.15, -0.1) is 0 Å². The number of rotatable bonds is 4. The Kier molecular flexibility index (Phi) is 5.36. The third kappa shape index (κ3) is 4.42. The van der Waals surface area contributed by atoms with E-state index in [0.717, 1.165) is 41.2 Å². The second-order valence-electron chi connectivity index (χ2n) is 7.21. The van der Waals surface area contributed by atoms with Crippen molar-refractivity contribution in [1.29, 1.82) is 0 Å². The fraction of sp³-hybridized carbons (Fsp3) is 0.174. The standard InChI is InChI=1S/C23H16F6N2O/c1-13-18(12-32-17-7-4-15-8-9-30-20(15)10-17)19(23(27,28)29)11-21(31-13)14-2-5-16(6-3-14)22(24,25)26/h2-11,30H,12H2,1H3. The minimum Gasteiger partial charge on any atom is -0.489 e. The predicted molar refractivity (Wildman–Crippen MR) is 107 cm³/mol. The number of hydrogen-bond donors (Lipinski definition) is 1. The Hall–Kier alpha value is -3.49. The number of hydrogen-bond acceptors (Lipinski definition) is 2. The second-order valence-corrected chi connectivity index (χ2v) is 7.21. The van der Waals surface area contributed by atoms with E-state index in [1.807, 2.05) is 6.07 Å². The van der Waals surface area contributed by atoms with Gasteiger partial charge >= 0.3 is 12.4 Å². The summed E-state index contributed by atoms with van der Waals surface area (Å²) in [6.07, 6.45) is -7.50. The minimum atomic E-state index is -4.70. The van der Waals surface area contributed by atoms with Crippen LogP contribution < -0.4 is 4.74 Å². The number of ether oxygens (including phenoxy) is 1. The molecule has 4 rings (SSSR count). The van der Waals surface area contributed by atoms with Crippen molar-refractivity contribution in [3.8, 4) is 17.0 Å². The van der Waals surface area contributed by atoms with Crippen LogP contribution in [0.25, 0.3) is 22.2 Å². The smallest absolute Gasteiger partial charge is 0.416 e. The van der Waals surface area contributed by atoms with Crippen LogP contribution in [0, 0.1) is 6.92 Å². The molecular formula is C23H16F6N2O. The lowest BCUT2D eigenvalue weighted by molar-refractivity contribution is -0.139. The molecule has 0 unspecified atom stereocenters. The number of halogens is 6. The van der Waals surface area contributed by atoms with Crippen molar-refractivity contribution in [3.05, 3.63) is 83.2 Å². The van der Waals surface area contributed by atoms with Crippen LogP contribution in [0.5, 0.6) is 5.75 Å². The van der Waals surface area contributed by atoms with Gasteiger partial charge in [0.25, 0.3) is 0 Å². The van der Waals surface area contributed by atoms with Gasteiger partial charge in [0.2, 0.25) is 0 Å². The Labute approximate surface area is 178 Å². The molecule has 0 radical (unpaired) electrons. The normalized spacial score (nSPS) is 12.3. The number of benzene rings is 2. The van der Waals surface area contributed by atoms with Crippen molar-refractivity contribution in [3.63, 3.8) is 0 Å². The summed E-state index contributed by atoms with van der Waals surface area (Å²) in [6.45, 7) is 1.04. The van der Waals surface area contributed by atoms with Gasteiger partial charge in [-0.1, -0.05) is 12.1 Å². The first-order chi connectivity index (χ1) is 15.0. The molecule has 4 aromatic rings. The van der Waals surface area contributed by atoms with Gasteiger partial charge in [0.05, 0.1) is 16.8 Å². The zero-order valence-corrected chi connectivity index (χ0v) is 16.6. The van der Waals surface area contributed by atoms with Crippen LogP contribution in [-0.4, -0.2) is 9.97 Å². The molecule has 2 aromatic carbocycles. The highest BCUT2D eigenvalue weighted by Crippen LogP contribution is 2.37. The molecule has 0 spiro atoms. The molecular weight excluding hydrogens is 434 g/mol. The first-order valence-electron chi connectivity index (χ1n) is 9.47. The molecule has 2 aromatic heterocycles. The number of nitrogens with one attached hydrogen (secondary N) is 1. The third-order valence-corrected chi connectivity index (χ3v) is 5.05. The topological polar surface area (TPSA) is 37.9 Å². The van der Waals surface area contributed by atoms with Gasteiger partial charge in [0, 0.05) is 34.6 Å². The Morgan fingerprint density at radius 1 is 0.875 bits per heavy atom. The van der Waals surface area contributed by atoms with Gasteiger partial charge in [-0.3, -0.25) is 4.98 Å². The summed E-state index contributed by atoms with van der Waals surface area (Å²) < 4.78 is 85.3. The van der Waals surface area contributed by atoms with Gasteiger partial charge in [0.1, 0.15) is 12.4 Å². The third-order valence-electron chi connectivity index (χ3n) is 5.05. The van der Waals surface area contributed by atoms with E-state index in [2.05, 4.69) is 9.97 Å². The molecule has 0 saturated carbocycles. The van der Waals surface area contributed by atoms with E-state index in [1.165, 1.54) is 6.92 Å². The number of alkyl halides is 6. The van der Waals surface area contributed by atoms with E-state index >= 15 is 0 Å². The molecule has 0 aliphatic rings. The molecule has 9 heteroatoms. The van der Waals surface area contributed by atoms with Crippen LogP contribution in [0.1, 0.15) is 22.4 Å². The largest absolute Gasteiger partial charge is 0.489 e. The summed E-state index contributed by atoms with van der Waals surface area (Å²) in [6, 6.07) is 11.6. The zero-order valence-electron chi connectivity index (χ0n) is 16.6. The number of aromatic amines is 1. The van der Waals surface area contributed by atoms with Crippen LogP contribution in [0.4, 0.5) is 26.3 Å². The van der Waals surface area contributed by atoms with E-state index in [0.29, 0.717) is 5.75 Å². The van der Waals surface area contributed by atoms with Crippen LogP contribution in [0.15, 0.2) is 60.8 Å². The second kappa shape index (κ2) is 7.89. The van der Waals surface area contributed by atoms with Gasteiger partial charge in [-0.25, -0.2) is 0 Å². The van der Waals surface area contributed by atoms with E-state index in [-0.39, 0.29) is 29.1 Å². The maximum absolute atomic E-state index is 13.8. The van der Waals surface area contributed by atoms with Crippen LogP contribution in [0.2, 0.25) is 0 Å². The highest BCUT2D eigenvalue weighted by atomic mass is 19.4. The van der Waals surface area contributed by atoms with Crippen molar-refractivity contribution in [2.24, 2.45) is 0 Å². The summed E-state index contributed by atoms with van der Waals surface area (Å²) in [5.74, 6) is 0.388. The van der Waals surface area contributed by atoms with Crippen molar-refractivity contribution < 1.29 is 31.1 Å². The van der Waals surface area contributed by atoms with E-state index < -0.39 is 23.5 Å². The number of nitrogens with zero attached hydrogens (tertiary/aromatic N) is 1. The van der Waals surface area contributed by atoms with Gasteiger partial charge < -0.3 is 9.72 Å². The molecule has 0 amide bonds. The average Bonchev–Trinajstić information content (AvgIpc) is 3.19. The summed E-state index contributed by atoms with van der Waals surface area (Å²) in [4.78, 5) is 7.20. The van der Waals surface area contributed by atoms with Crippen molar-refractivity contribution >= 4 is 10.9 Å². The predicted octanol–water partition coefficient (Wildman–Crippen LogP) is 7.15. The molecule has 166 valence electrons. The summed E-state index contributed by atoms with van der Waals surface area (Å²) >= 11 is 0. The summed E-state index contributed by atoms with van der Waals surface area (Å²) in [7, 11) is 0. The fourth-order valence-corrected chi connectivity index (χ4v) is 3.38. The van der Waals surface area contributed by atoms with Crippen LogP contribution >= 0.6 is 0 Å². The van der Waals surface area contributed by atoms with Crippen LogP contribution in [-0.2, 0) is 19.0 Å². The van der Waals surface area contributed by atoms with Crippen molar-refractivity contribution in [2.45, 2.75) is 25.9 Å². The Morgan fingerprint density at radius 2 is 1.59 bits per heavy atom. The van der Waals surface area contributed by atoms with E-state index in [1.54, 1.807) is 24.4 Å². The van der Waals surface area contributed by atoms with E-state index in [9.17, 15) is 26.3 Å². The molecule has 0 fully saturated rings. The molecule has 0 aliphatic heterocycles. The van der Waals surface area contributed by atoms with Crippen molar-refractivity contribution in [1.82, 2.24) is 9.97 Å². The molecule has 0 saturated heterocycles. The zero-order chi connectivity index (χ0) is 23.1. The quantitative estimate of drug-likeness (QED) is 0.335. The van der Waals surface area contributed by atoms with Gasteiger partial charge in [-0.05, 0) is 48.7 Å². The fourth-order valence-electron chi connectivity index (χ4n) is 3.38. The highest BCUT2D eigenvalue weighted by molar-refractivity contribution is 5.80. The molecule has 0 aliphatic carbocycles. The van der Waals surface area contributed by atoms with Crippen molar-refractivity contribution in [2.75, 3.05) is 0 Å². The number of fused-ring (bicyclic) bond motifs is 1. The number of aryl methyl sites for hydroxylation is 1. The molecule has 32 heavy (non-hydrogen) atoms. The molecule has 3 nitrogen and oxygen atoms in total.